The zero-order valence-electron chi connectivity index (χ0n) is 43.0. The lowest BCUT2D eigenvalue weighted by molar-refractivity contribution is -0.185. The van der Waals surface area contributed by atoms with Crippen molar-refractivity contribution in [3.05, 3.63) is 181 Å². The molecule has 0 bridgehead atoms. The number of benzene rings is 6. The van der Waals surface area contributed by atoms with Gasteiger partial charge in [0.25, 0.3) is 0 Å². The number of halogens is 10. The minimum absolute atomic E-state index is 0.0114. The molecule has 2 atom stereocenters. The molecule has 10 rings (SSSR count). The van der Waals surface area contributed by atoms with E-state index in [9.17, 15) is 45.6 Å². The molecule has 4 heterocycles. The van der Waals surface area contributed by atoms with E-state index in [0.717, 1.165) is 11.3 Å². The summed E-state index contributed by atoms with van der Waals surface area (Å²) < 4.78 is 115. The fourth-order valence-corrected chi connectivity index (χ4v) is 13.2. The summed E-state index contributed by atoms with van der Waals surface area (Å²) in [5, 5.41) is 13.4. The number of carbonyl (C=O) groups excluding carboxylic acids is 1. The van der Waals surface area contributed by atoms with Crippen molar-refractivity contribution in [2.45, 2.75) is 62.4 Å². The van der Waals surface area contributed by atoms with Crippen molar-refractivity contribution in [3.8, 4) is 11.5 Å². The van der Waals surface area contributed by atoms with Crippen LogP contribution in [0.3, 0.4) is 0 Å². The molecule has 0 saturated carbocycles. The summed E-state index contributed by atoms with van der Waals surface area (Å²) in [4.78, 5) is 41.4. The van der Waals surface area contributed by atoms with Crippen LogP contribution in [0.2, 0.25) is 20.1 Å². The number of nitrogens with one attached hydrogen (secondary N) is 1. The SMILES string of the molecule is CC(C)(C)OC(=O)Nc1cccc2nc(N3CCC(c4cc(Cl)cc(Cl)c4)(C(F)(F)F)C3)sc12.O=C(O)c1cccc2nc(N3CCC(c4cc(Cl)cc(Cl)c4)(C(F)(F)F)C3)sc12.[N-]=[N+]=NP(=O)(Oc1ccccc1)Oc1ccccc1. The number of ether oxygens (including phenoxy) is 1. The van der Waals surface area contributed by atoms with E-state index in [1.54, 1.807) is 122 Å². The van der Waals surface area contributed by atoms with Gasteiger partial charge in [0.2, 0.25) is 0 Å². The molecule has 8 aromatic rings. The average Bonchev–Trinajstić information content (AvgIpc) is 2.41. The number of thiazole rings is 2. The van der Waals surface area contributed by atoms with E-state index in [1.165, 1.54) is 53.8 Å². The quantitative estimate of drug-likeness (QED) is 0.0412. The molecule has 6 aromatic carbocycles. The molecule has 1 amide bonds. The van der Waals surface area contributed by atoms with Gasteiger partial charge in [0, 0.05) is 56.1 Å². The maximum absolute atomic E-state index is 14.4. The summed E-state index contributed by atoms with van der Waals surface area (Å²) in [5.41, 5.74) is 5.17. The Kier molecular flexibility index (Phi) is 18.5. The number of aromatic carboxylic acids is 1. The number of hydrogen-bond acceptors (Lipinski definition) is 12. The van der Waals surface area contributed by atoms with E-state index >= 15 is 0 Å². The highest BCUT2D eigenvalue weighted by atomic mass is 35.5. The van der Waals surface area contributed by atoms with E-state index in [1.807, 2.05) is 0 Å². The molecule has 0 spiro atoms. The molecule has 2 N–H and O–H groups in total. The van der Waals surface area contributed by atoms with Crippen LogP contribution >= 0.6 is 76.8 Å². The Morgan fingerprint density at radius 3 is 1.51 bits per heavy atom. The van der Waals surface area contributed by atoms with Crippen molar-refractivity contribution in [2.24, 2.45) is 4.88 Å². The van der Waals surface area contributed by atoms with Crippen molar-refractivity contribution >= 4 is 125 Å². The second kappa shape index (κ2) is 24.6. The standard InChI is InChI=1S/C23H22Cl2F3N3O2S.C19H13Cl2F3N2O2S.C12H10N3O3P/c1-21(2,3)33-20(32)30-17-6-4-5-16-18(17)34-19(29-16)31-8-7-22(12-31,23(26,27)28)13-9-14(24)11-15(25)10-13;20-11-6-10(7-12(21)8-11)18(19(22,23)24)4-5-26(9-18)17-25-14-3-1-2-13(16(27)28)15(14)29-17;13-14-15-19(16,17-11-7-3-1-4-8-11)18-12-9-5-2-6-10-12/h4-6,9-11H,7-8,12H2,1-3H3,(H,30,32);1-3,6-8H,4-5,9H2,(H,27,28);1-10H. The molecular formula is C54H45Cl4F6N8O7PS2. The fraction of sp³-hybridized carbons (Fsp3) is 0.259. The number of fused-ring (bicyclic) bond motifs is 2. The minimum Gasteiger partial charge on any atom is -0.478 e. The number of para-hydroxylation sites is 2. The third kappa shape index (κ3) is 14.2. The maximum atomic E-state index is 14.4. The van der Waals surface area contributed by atoms with E-state index < -0.39 is 48.6 Å². The first kappa shape index (κ1) is 61.4. The predicted octanol–water partition coefficient (Wildman–Crippen LogP) is 18.2. The predicted molar refractivity (Wildman–Crippen MR) is 309 cm³/mol. The summed E-state index contributed by atoms with van der Waals surface area (Å²) in [6.07, 6.45) is -10.0. The van der Waals surface area contributed by atoms with Crippen molar-refractivity contribution in [1.82, 2.24) is 9.97 Å². The number of carbonyl (C=O) groups is 2. The molecule has 82 heavy (non-hydrogen) atoms. The molecule has 2 saturated heterocycles. The van der Waals surface area contributed by atoms with E-state index in [-0.39, 0.29) is 75.8 Å². The Labute approximate surface area is 492 Å². The second-order valence-corrected chi connectivity index (χ2v) is 24.7. The van der Waals surface area contributed by atoms with Crippen molar-refractivity contribution in [1.29, 1.82) is 0 Å². The third-order valence-corrected chi connectivity index (χ3v) is 17.1. The van der Waals surface area contributed by atoms with Crippen LogP contribution < -0.4 is 24.2 Å². The Hall–Kier alpha value is -6.68. The van der Waals surface area contributed by atoms with Gasteiger partial charge in [-0.3, -0.25) is 5.32 Å². The second-order valence-electron chi connectivity index (χ2n) is 19.5. The van der Waals surface area contributed by atoms with Crippen molar-refractivity contribution < 1.29 is 59.4 Å². The highest BCUT2D eigenvalue weighted by molar-refractivity contribution is 7.53. The number of azide groups is 1. The molecule has 0 radical (unpaired) electrons. The number of aromatic nitrogens is 2. The topological polar surface area (TPSA) is 192 Å². The van der Waals surface area contributed by atoms with Crippen LogP contribution in [0, 0.1) is 0 Å². The highest BCUT2D eigenvalue weighted by Gasteiger charge is 2.61. The minimum atomic E-state index is -4.53. The van der Waals surface area contributed by atoms with Crippen LogP contribution in [0.5, 0.6) is 11.5 Å². The van der Waals surface area contributed by atoms with Gasteiger partial charge < -0.3 is 28.7 Å². The van der Waals surface area contributed by atoms with E-state index in [2.05, 4.69) is 25.1 Å². The Morgan fingerprint density at radius 1 is 0.671 bits per heavy atom. The third-order valence-electron chi connectivity index (χ3n) is 12.7. The molecule has 2 unspecified atom stereocenters. The smallest absolute Gasteiger partial charge is 0.478 e. The first-order chi connectivity index (χ1) is 38.6. The van der Waals surface area contributed by atoms with Gasteiger partial charge in [0.15, 0.2) is 10.3 Å². The number of anilines is 3. The number of alkyl halides is 6. The molecule has 2 aliphatic heterocycles. The van der Waals surface area contributed by atoms with Crippen molar-refractivity contribution in [2.75, 3.05) is 41.3 Å². The highest BCUT2D eigenvalue weighted by Crippen LogP contribution is 2.53. The first-order valence-corrected chi connectivity index (χ1v) is 29.0. The molecule has 2 fully saturated rings. The van der Waals surface area contributed by atoms with Gasteiger partial charge in [-0.2, -0.15) is 26.3 Å². The molecule has 28 heteroatoms. The number of carboxylic acid groups (broad SMARTS) is 1. The van der Waals surface area contributed by atoms with Gasteiger partial charge in [-0.05, 0) is 135 Å². The normalized spacial score (nSPS) is 17.3. The van der Waals surface area contributed by atoms with Crippen LogP contribution in [0.25, 0.3) is 30.9 Å². The van der Waals surface area contributed by atoms with E-state index in [0.29, 0.717) is 47.9 Å². The van der Waals surface area contributed by atoms with Gasteiger partial charge >= 0.3 is 32.2 Å². The zero-order valence-corrected chi connectivity index (χ0v) is 48.6. The molecule has 15 nitrogen and oxygen atoms in total. The van der Waals surface area contributed by atoms with Gasteiger partial charge in [0.05, 0.1) is 31.7 Å². The monoisotopic (exact) mass is 1270 g/mol. The zero-order chi connectivity index (χ0) is 59.4. The van der Waals surface area contributed by atoms with Crippen LogP contribution in [0.4, 0.5) is 47.1 Å². The van der Waals surface area contributed by atoms with Gasteiger partial charge in [0.1, 0.15) is 27.9 Å². The largest absolute Gasteiger partial charge is 0.525 e. The lowest BCUT2D eigenvalue weighted by Gasteiger charge is -2.32. The molecule has 2 aromatic heterocycles. The molecule has 2 aliphatic rings. The average molecular weight is 1270 g/mol. The lowest BCUT2D eigenvalue weighted by atomic mass is 9.79. The number of nitrogens with zero attached hydrogens (tertiary/aromatic N) is 7. The Balaban J connectivity index is 0.000000167. The van der Waals surface area contributed by atoms with E-state index in [4.69, 9.17) is 65.7 Å². The first-order valence-electron chi connectivity index (χ1n) is 24.3. The molecule has 430 valence electrons. The summed E-state index contributed by atoms with van der Waals surface area (Å²) in [5.74, 6) is -0.506. The summed E-state index contributed by atoms with van der Waals surface area (Å²) in [7, 11) is -3.95. The van der Waals surface area contributed by atoms with Crippen LogP contribution in [0.1, 0.15) is 55.1 Å². The summed E-state index contributed by atoms with van der Waals surface area (Å²) >= 11 is 26.3. The van der Waals surface area contributed by atoms with Gasteiger partial charge in [-0.25, -0.2) is 24.1 Å². The van der Waals surface area contributed by atoms with Gasteiger partial charge in [-0.1, -0.05) is 118 Å². The lowest BCUT2D eigenvalue weighted by Crippen LogP contribution is -2.44. The molecular weight excluding hydrogens is 1220 g/mol. The van der Waals surface area contributed by atoms with Crippen LogP contribution in [0.15, 0.2) is 138 Å². The number of carboxylic acids is 1. The summed E-state index contributed by atoms with van der Waals surface area (Å²) in [6, 6.07) is 34.6. The molecule has 0 aliphatic carbocycles. The number of hydrogen-bond donors (Lipinski definition) is 2. The van der Waals surface area contributed by atoms with Gasteiger partial charge in [-0.15, -0.1) is 0 Å². The summed E-state index contributed by atoms with van der Waals surface area (Å²) in [6.45, 7) is 4.86. The van der Waals surface area contributed by atoms with Crippen LogP contribution in [-0.2, 0) is 20.1 Å². The Morgan fingerprint density at radius 2 is 1.10 bits per heavy atom. The maximum Gasteiger partial charge on any atom is 0.525 e. The van der Waals surface area contributed by atoms with Crippen molar-refractivity contribution in [3.63, 3.8) is 0 Å². The van der Waals surface area contributed by atoms with Crippen LogP contribution in [-0.4, -0.2) is 71.3 Å². The number of rotatable bonds is 11. The fourth-order valence-electron chi connectivity index (χ4n) is 9.03. The number of amides is 1. The Bertz CT molecular complexity index is 3660.